The molecule has 29 heavy (non-hydrogen) atoms. The average Bonchev–Trinajstić information content (AvgIpc) is 2.71. The molecule has 0 saturated heterocycles. The first-order valence-electron chi connectivity index (χ1n) is 9.10. The van der Waals surface area contributed by atoms with Crippen LogP contribution in [0.1, 0.15) is 46.9 Å². The van der Waals surface area contributed by atoms with Crippen molar-refractivity contribution in [2.75, 3.05) is 7.11 Å². The van der Waals surface area contributed by atoms with E-state index in [1.807, 2.05) is 24.3 Å². The summed E-state index contributed by atoms with van der Waals surface area (Å²) in [4.78, 5) is 32.7. The fraction of sp³-hybridized carbons (Fsp3) is 0.227. The van der Waals surface area contributed by atoms with Gasteiger partial charge in [0, 0.05) is 11.3 Å². The van der Waals surface area contributed by atoms with Crippen molar-refractivity contribution in [2.45, 2.75) is 30.7 Å². The zero-order valence-corrected chi connectivity index (χ0v) is 17.2. The highest BCUT2D eigenvalue weighted by atomic mass is 32.2. The zero-order valence-electron chi connectivity index (χ0n) is 16.4. The van der Waals surface area contributed by atoms with Crippen molar-refractivity contribution in [3.63, 3.8) is 0 Å². The van der Waals surface area contributed by atoms with E-state index >= 15 is 0 Å². The predicted molar refractivity (Wildman–Crippen MR) is 111 cm³/mol. The van der Waals surface area contributed by atoms with E-state index in [-0.39, 0.29) is 28.3 Å². The molecule has 0 spiro atoms. The molecular formula is C22H21FN2O3S. The predicted octanol–water partition coefficient (Wildman–Crippen LogP) is 4.56. The molecule has 1 aromatic heterocycles. The summed E-state index contributed by atoms with van der Waals surface area (Å²) in [5.41, 5.74) is 0.775. The third-order valence-electron chi connectivity index (χ3n) is 4.38. The molecule has 7 heteroatoms. The number of nitrogens with zero attached hydrogens (tertiary/aromatic N) is 1. The molecule has 0 fully saturated rings. The monoisotopic (exact) mass is 412 g/mol. The minimum Gasteiger partial charge on any atom is -0.497 e. The molecule has 0 aliphatic carbocycles. The number of thioether (sulfide) groups is 1. The second kappa shape index (κ2) is 9.05. The summed E-state index contributed by atoms with van der Waals surface area (Å²) in [7, 11) is 1.60. The molecule has 1 N–H and O–H groups in total. The van der Waals surface area contributed by atoms with Crippen molar-refractivity contribution in [2.24, 2.45) is 0 Å². The molecule has 5 nitrogen and oxygen atoms in total. The Hall–Kier alpha value is -2.93. The minimum atomic E-state index is -0.637. The summed E-state index contributed by atoms with van der Waals surface area (Å²) < 4.78 is 19.3. The lowest BCUT2D eigenvalue weighted by atomic mass is 9.97. The Balaban J connectivity index is 1.94. The lowest BCUT2D eigenvalue weighted by molar-refractivity contribution is 0.102. The molecule has 0 aliphatic heterocycles. The zero-order chi connectivity index (χ0) is 21.0. The van der Waals surface area contributed by atoms with E-state index in [4.69, 9.17) is 4.74 Å². The van der Waals surface area contributed by atoms with E-state index in [1.54, 1.807) is 27.0 Å². The Bertz CT molecular complexity index is 1080. The number of halogens is 1. The third-order valence-corrected chi connectivity index (χ3v) is 5.32. The second-order valence-electron chi connectivity index (χ2n) is 6.73. The van der Waals surface area contributed by atoms with Crippen molar-refractivity contribution in [3.05, 3.63) is 87.1 Å². The molecule has 0 radical (unpaired) electrons. The van der Waals surface area contributed by atoms with Crippen LogP contribution in [-0.2, 0) is 5.75 Å². The minimum absolute atomic E-state index is 0.00826. The Morgan fingerprint density at radius 3 is 2.48 bits per heavy atom. The summed E-state index contributed by atoms with van der Waals surface area (Å²) in [6, 6.07) is 13.2. The number of benzene rings is 2. The summed E-state index contributed by atoms with van der Waals surface area (Å²) in [5.74, 6) is -0.172. The maximum Gasteiger partial charge on any atom is 0.255 e. The van der Waals surface area contributed by atoms with E-state index in [1.165, 1.54) is 30.0 Å². The van der Waals surface area contributed by atoms with Gasteiger partial charge in [-0.15, -0.1) is 0 Å². The van der Waals surface area contributed by atoms with Gasteiger partial charge in [0.25, 0.3) is 5.56 Å². The Labute approximate surface area is 172 Å². The van der Waals surface area contributed by atoms with Crippen LogP contribution in [-0.4, -0.2) is 22.9 Å². The van der Waals surface area contributed by atoms with Crippen LogP contribution in [0.3, 0.4) is 0 Å². The first-order chi connectivity index (χ1) is 13.9. The molecule has 3 aromatic rings. The number of H-pyrrole nitrogens is 1. The van der Waals surface area contributed by atoms with Crippen LogP contribution < -0.4 is 10.3 Å². The number of hydrogen-bond donors (Lipinski definition) is 1. The Morgan fingerprint density at radius 1 is 1.17 bits per heavy atom. The fourth-order valence-corrected chi connectivity index (χ4v) is 3.70. The number of aromatic amines is 1. The van der Waals surface area contributed by atoms with Gasteiger partial charge in [-0.1, -0.05) is 49.9 Å². The highest BCUT2D eigenvalue weighted by Crippen LogP contribution is 2.24. The van der Waals surface area contributed by atoms with Crippen molar-refractivity contribution < 1.29 is 13.9 Å². The molecule has 0 atom stereocenters. The van der Waals surface area contributed by atoms with Crippen LogP contribution in [0.4, 0.5) is 4.39 Å². The summed E-state index contributed by atoms with van der Waals surface area (Å²) in [6.07, 6.45) is 0. The fourth-order valence-electron chi connectivity index (χ4n) is 2.89. The van der Waals surface area contributed by atoms with E-state index in [9.17, 15) is 14.0 Å². The quantitative estimate of drug-likeness (QED) is 0.350. The van der Waals surface area contributed by atoms with Gasteiger partial charge < -0.3 is 9.72 Å². The van der Waals surface area contributed by atoms with Crippen molar-refractivity contribution in [1.29, 1.82) is 0 Å². The number of rotatable bonds is 7. The lowest BCUT2D eigenvalue weighted by Crippen LogP contribution is -2.23. The first-order valence-corrected chi connectivity index (χ1v) is 10.1. The molecule has 150 valence electrons. The van der Waals surface area contributed by atoms with Gasteiger partial charge >= 0.3 is 0 Å². The highest BCUT2D eigenvalue weighted by Gasteiger charge is 2.23. The molecule has 0 aliphatic rings. The standard InChI is InChI=1S/C22H21FN2O3S/c1-13(2)18-19(20(26)16-6-4-5-7-17(16)23)24-22(25-21(18)27)29-12-14-8-10-15(28-3)11-9-14/h4-11,13H,12H2,1-3H3,(H,24,25,27). The number of hydrogen-bond acceptors (Lipinski definition) is 5. The van der Waals surface area contributed by atoms with Crippen molar-refractivity contribution >= 4 is 17.5 Å². The Morgan fingerprint density at radius 2 is 1.86 bits per heavy atom. The highest BCUT2D eigenvalue weighted by molar-refractivity contribution is 7.98. The molecule has 0 amide bonds. The van der Waals surface area contributed by atoms with Gasteiger partial charge in [0.1, 0.15) is 17.3 Å². The van der Waals surface area contributed by atoms with Crippen LogP contribution in [0.5, 0.6) is 5.75 Å². The van der Waals surface area contributed by atoms with Gasteiger partial charge in [-0.3, -0.25) is 9.59 Å². The van der Waals surface area contributed by atoms with Gasteiger partial charge in [0.15, 0.2) is 5.16 Å². The van der Waals surface area contributed by atoms with Gasteiger partial charge in [-0.25, -0.2) is 9.37 Å². The van der Waals surface area contributed by atoms with Crippen LogP contribution in [0.2, 0.25) is 0 Å². The largest absolute Gasteiger partial charge is 0.497 e. The van der Waals surface area contributed by atoms with E-state index in [0.29, 0.717) is 10.9 Å². The lowest BCUT2D eigenvalue weighted by Gasteiger charge is -2.12. The van der Waals surface area contributed by atoms with Crippen LogP contribution in [0, 0.1) is 5.82 Å². The average molecular weight is 412 g/mol. The number of ether oxygens (including phenoxy) is 1. The van der Waals surface area contributed by atoms with Crippen LogP contribution >= 0.6 is 11.8 Å². The van der Waals surface area contributed by atoms with Crippen molar-refractivity contribution in [3.8, 4) is 5.75 Å². The first kappa shape index (κ1) is 20.8. The number of carbonyl (C=O) groups excluding carboxylic acids is 1. The molecule has 2 aromatic carbocycles. The number of nitrogens with one attached hydrogen (secondary N) is 1. The van der Waals surface area contributed by atoms with Crippen LogP contribution in [0.25, 0.3) is 0 Å². The van der Waals surface area contributed by atoms with Gasteiger partial charge in [0.2, 0.25) is 5.78 Å². The SMILES string of the molecule is COc1ccc(CSc2nc(C(=O)c3ccccc3F)c(C(C)C)c(=O)[nH]2)cc1. The summed E-state index contributed by atoms with van der Waals surface area (Å²) in [5, 5.41) is 0.315. The van der Waals surface area contributed by atoms with Gasteiger partial charge in [-0.2, -0.15) is 0 Å². The number of methoxy groups -OCH3 is 1. The smallest absolute Gasteiger partial charge is 0.255 e. The normalized spacial score (nSPS) is 10.9. The molecule has 1 heterocycles. The Kier molecular flexibility index (Phi) is 6.49. The molecule has 3 rings (SSSR count). The van der Waals surface area contributed by atoms with Crippen LogP contribution in [0.15, 0.2) is 58.5 Å². The topological polar surface area (TPSA) is 72.0 Å². The number of carbonyl (C=O) groups is 1. The molecule has 0 bridgehead atoms. The number of ketones is 1. The maximum absolute atomic E-state index is 14.1. The van der Waals surface area contributed by atoms with E-state index < -0.39 is 11.6 Å². The molecule has 0 saturated carbocycles. The van der Waals surface area contributed by atoms with E-state index in [2.05, 4.69) is 9.97 Å². The third kappa shape index (κ3) is 4.74. The summed E-state index contributed by atoms with van der Waals surface area (Å²) in [6.45, 7) is 3.60. The molecular weight excluding hydrogens is 391 g/mol. The summed E-state index contributed by atoms with van der Waals surface area (Å²) >= 11 is 1.30. The van der Waals surface area contributed by atoms with Gasteiger partial charge in [-0.05, 0) is 35.7 Å². The number of aromatic nitrogens is 2. The maximum atomic E-state index is 14.1. The van der Waals surface area contributed by atoms with Gasteiger partial charge in [0.05, 0.1) is 12.7 Å². The van der Waals surface area contributed by atoms with E-state index in [0.717, 1.165) is 11.3 Å². The molecule has 0 unspecified atom stereocenters. The van der Waals surface area contributed by atoms with Crippen molar-refractivity contribution in [1.82, 2.24) is 9.97 Å². The second-order valence-corrected chi connectivity index (χ2v) is 7.70.